The first kappa shape index (κ1) is 14.3. The van der Waals surface area contributed by atoms with Crippen LogP contribution in [0.4, 0.5) is 4.79 Å². The highest BCUT2D eigenvalue weighted by molar-refractivity contribution is 9.11. The van der Waals surface area contributed by atoms with Gasteiger partial charge in [0.05, 0.1) is 15.3 Å². The lowest BCUT2D eigenvalue weighted by atomic mass is 10.3. The SMILES string of the molecule is CCOC(=O)N1CCN(C(=O)c2ccc(Br)s2)CC1. The Morgan fingerprint density at radius 1 is 1.26 bits per heavy atom. The quantitative estimate of drug-likeness (QED) is 0.826. The fraction of sp³-hybridized carbons (Fsp3) is 0.500. The maximum absolute atomic E-state index is 12.2. The van der Waals surface area contributed by atoms with Gasteiger partial charge < -0.3 is 14.5 Å². The number of thiophene rings is 1. The van der Waals surface area contributed by atoms with Crippen molar-refractivity contribution in [3.05, 3.63) is 20.8 Å². The van der Waals surface area contributed by atoms with Crippen LogP contribution in [0.1, 0.15) is 16.6 Å². The molecule has 2 rings (SSSR count). The summed E-state index contributed by atoms with van der Waals surface area (Å²) < 4.78 is 5.89. The Balaban J connectivity index is 1.89. The third-order valence-electron chi connectivity index (χ3n) is 2.88. The Bertz CT molecular complexity index is 469. The van der Waals surface area contributed by atoms with E-state index in [1.165, 1.54) is 11.3 Å². The predicted octanol–water partition coefficient (Wildman–Crippen LogP) is 2.42. The molecule has 0 spiro atoms. The van der Waals surface area contributed by atoms with E-state index in [-0.39, 0.29) is 12.0 Å². The molecule has 1 aromatic heterocycles. The van der Waals surface area contributed by atoms with Gasteiger partial charge in [-0.2, -0.15) is 0 Å². The second kappa shape index (κ2) is 6.38. The molecule has 0 radical (unpaired) electrons. The van der Waals surface area contributed by atoms with Crippen molar-refractivity contribution in [2.75, 3.05) is 32.8 Å². The molecular weight excluding hydrogens is 332 g/mol. The van der Waals surface area contributed by atoms with Gasteiger partial charge in [-0.25, -0.2) is 4.79 Å². The minimum Gasteiger partial charge on any atom is -0.450 e. The smallest absolute Gasteiger partial charge is 0.409 e. The van der Waals surface area contributed by atoms with Crippen molar-refractivity contribution in [1.82, 2.24) is 9.80 Å². The zero-order valence-corrected chi connectivity index (χ0v) is 13.0. The van der Waals surface area contributed by atoms with Crippen LogP contribution in [0, 0.1) is 0 Å². The normalized spacial score (nSPS) is 15.5. The third-order valence-corrected chi connectivity index (χ3v) is 4.49. The molecule has 0 unspecified atom stereocenters. The highest BCUT2D eigenvalue weighted by atomic mass is 79.9. The van der Waals surface area contributed by atoms with E-state index >= 15 is 0 Å². The average Bonchev–Trinajstić information content (AvgIpc) is 2.85. The van der Waals surface area contributed by atoms with Gasteiger partial charge in [0.1, 0.15) is 0 Å². The summed E-state index contributed by atoms with van der Waals surface area (Å²) in [5.41, 5.74) is 0. The highest BCUT2D eigenvalue weighted by Gasteiger charge is 2.26. The first-order chi connectivity index (χ1) is 9.11. The molecule has 2 amide bonds. The van der Waals surface area contributed by atoms with Gasteiger partial charge in [-0.1, -0.05) is 0 Å². The Morgan fingerprint density at radius 3 is 2.42 bits per heavy atom. The molecule has 0 saturated carbocycles. The molecule has 5 nitrogen and oxygen atoms in total. The second-order valence-electron chi connectivity index (χ2n) is 4.08. The molecule has 2 heterocycles. The Morgan fingerprint density at radius 2 is 1.89 bits per heavy atom. The summed E-state index contributed by atoms with van der Waals surface area (Å²) >= 11 is 4.77. The van der Waals surface area contributed by atoms with Gasteiger partial charge in [0.2, 0.25) is 0 Å². The Kier molecular flexibility index (Phi) is 4.81. The number of carbonyl (C=O) groups is 2. The molecule has 0 bridgehead atoms. The lowest BCUT2D eigenvalue weighted by Gasteiger charge is -2.33. The van der Waals surface area contributed by atoms with E-state index in [4.69, 9.17) is 4.74 Å². The summed E-state index contributed by atoms with van der Waals surface area (Å²) in [6.07, 6.45) is -0.298. The molecule has 0 atom stereocenters. The second-order valence-corrected chi connectivity index (χ2v) is 6.54. The number of halogens is 1. The molecule has 1 saturated heterocycles. The van der Waals surface area contributed by atoms with Crippen molar-refractivity contribution < 1.29 is 14.3 Å². The number of carbonyl (C=O) groups excluding carboxylic acids is 2. The molecule has 104 valence electrons. The van der Waals surface area contributed by atoms with E-state index in [9.17, 15) is 9.59 Å². The number of hydrogen-bond donors (Lipinski definition) is 0. The standard InChI is InChI=1S/C12H15BrN2O3S/c1-2-18-12(17)15-7-5-14(6-8-15)11(16)9-3-4-10(13)19-9/h3-4H,2,5-8H2,1H3. The van der Waals surface area contributed by atoms with E-state index in [2.05, 4.69) is 15.9 Å². The molecule has 0 aliphatic carbocycles. The minimum atomic E-state index is -0.298. The van der Waals surface area contributed by atoms with Gasteiger partial charge in [0.15, 0.2) is 0 Å². The van der Waals surface area contributed by atoms with Gasteiger partial charge in [-0.05, 0) is 35.0 Å². The highest BCUT2D eigenvalue weighted by Crippen LogP contribution is 2.23. The molecular formula is C12H15BrN2O3S. The summed E-state index contributed by atoms with van der Waals surface area (Å²) in [7, 11) is 0. The topological polar surface area (TPSA) is 49.9 Å². The van der Waals surface area contributed by atoms with Crippen LogP contribution in [0.25, 0.3) is 0 Å². The van der Waals surface area contributed by atoms with Crippen LogP contribution >= 0.6 is 27.3 Å². The van der Waals surface area contributed by atoms with E-state index < -0.39 is 0 Å². The number of piperazine rings is 1. The lowest BCUT2D eigenvalue weighted by Crippen LogP contribution is -2.50. The van der Waals surface area contributed by atoms with Crippen molar-refractivity contribution in [2.24, 2.45) is 0 Å². The molecule has 19 heavy (non-hydrogen) atoms. The van der Waals surface area contributed by atoms with Crippen LogP contribution in [0.2, 0.25) is 0 Å². The van der Waals surface area contributed by atoms with Crippen LogP contribution in [-0.2, 0) is 4.74 Å². The first-order valence-electron chi connectivity index (χ1n) is 6.08. The van der Waals surface area contributed by atoms with Crippen LogP contribution in [-0.4, -0.2) is 54.6 Å². The number of rotatable bonds is 2. The van der Waals surface area contributed by atoms with Crippen molar-refractivity contribution >= 4 is 39.3 Å². The Labute approximate surface area is 124 Å². The molecule has 1 aliphatic rings. The average molecular weight is 347 g/mol. The fourth-order valence-corrected chi connectivity index (χ4v) is 3.25. The van der Waals surface area contributed by atoms with Gasteiger partial charge in [-0.15, -0.1) is 11.3 Å². The number of hydrogen-bond acceptors (Lipinski definition) is 4. The summed E-state index contributed by atoms with van der Waals surface area (Å²) in [6, 6.07) is 3.68. The summed E-state index contributed by atoms with van der Waals surface area (Å²) in [4.78, 5) is 27.9. The van der Waals surface area contributed by atoms with Crippen molar-refractivity contribution in [3.8, 4) is 0 Å². The number of ether oxygens (including phenoxy) is 1. The largest absolute Gasteiger partial charge is 0.450 e. The van der Waals surface area contributed by atoms with Gasteiger partial charge in [0.25, 0.3) is 5.91 Å². The van der Waals surface area contributed by atoms with Crippen molar-refractivity contribution in [3.63, 3.8) is 0 Å². The van der Waals surface area contributed by atoms with Gasteiger partial charge >= 0.3 is 6.09 Å². The molecule has 1 aromatic rings. The van der Waals surface area contributed by atoms with Gasteiger partial charge in [-0.3, -0.25) is 4.79 Å². The molecule has 1 fully saturated rings. The Hall–Kier alpha value is -1.08. The van der Waals surface area contributed by atoms with E-state index in [0.717, 1.165) is 8.66 Å². The van der Waals surface area contributed by atoms with Crippen LogP contribution in [0.3, 0.4) is 0 Å². The number of amides is 2. The maximum Gasteiger partial charge on any atom is 0.409 e. The zero-order chi connectivity index (χ0) is 13.8. The van der Waals surface area contributed by atoms with E-state index in [1.807, 2.05) is 12.1 Å². The van der Waals surface area contributed by atoms with Crippen molar-refractivity contribution in [2.45, 2.75) is 6.92 Å². The van der Waals surface area contributed by atoms with Crippen LogP contribution < -0.4 is 0 Å². The molecule has 0 N–H and O–H groups in total. The monoisotopic (exact) mass is 346 g/mol. The molecule has 7 heteroatoms. The summed E-state index contributed by atoms with van der Waals surface area (Å²) in [6.45, 7) is 4.31. The van der Waals surface area contributed by atoms with E-state index in [1.54, 1.807) is 16.7 Å². The predicted molar refractivity (Wildman–Crippen MR) is 76.5 cm³/mol. The maximum atomic E-state index is 12.2. The third kappa shape index (κ3) is 3.48. The first-order valence-corrected chi connectivity index (χ1v) is 7.69. The summed E-state index contributed by atoms with van der Waals surface area (Å²) in [5, 5.41) is 0. The fourth-order valence-electron chi connectivity index (χ4n) is 1.89. The van der Waals surface area contributed by atoms with Gasteiger partial charge in [0, 0.05) is 26.2 Å². The van der Waals surface area contributed by atoms with Crippen molar-refractivity contribution in [1.29, 1.82) is 0 Å². The minimum absolute atomic E-state index is 0.0270. The number of nitrogens with zero attached hydrogens (tertiary/aromatic N) is 2. The summed E-state index contributed by atoms with van der Waals surface area (Å²) in [5.74, 6) is 0.0270. The molecule has 1 aliphatic heterocycles. The lowest BCUT2D eigenvalue weighted by molar-refractivity contribution is 0.0574. The molecule has 0 aromatic carbocycles. The zero-order valence-electron chi connectivity index (χ0n) is 10.6. The van der Waals surface area contributed by atoms with Crippen LogP contribution in [0.15, 0.2) is 15.9 Å². The van der Waals surface area contributed by atoms with Crippen LogP contribution in [0.5, 0.6) is 0 Å². The van der Waals surface area contributed by atoms with E-state index in [0.29, 0.717) is 32.8 Å².